The molecule has 130 valence electrons. The molecule has 22 heavy (non-hydrogen) atoms. The second-order valence-corrected chi connectivity index (χ2v) is 7.18. The summed E-state index contributed by atoms with van der Waals surface area (Å²) < 4.78 is 0. The van der Waals surface area contributed by atoms with E-state index in [0.717, 1.165) is 50.5 Å². The molecule has 2 fully saturated rings. The number of piperazine rings is 1. The zero-order valence-corrected chi connectivity index (χ0v) is 17.2. The summed E-state index contributed by atoms with van der Waals surface area (Å²) in [6.07, 6.45) is 1.34. The fourth-order valence-corrected chi connectivity index (χ4v) is 3.70. The van der Waals surface area contributed by atoms with Crippen LogP contribution in [-0.2, 0) is 0 Å². The molecule has 0 aliphatic carbocycles. The lowest BCUT2D eigenvalue weighted by atomic mass is 9.92. The highest BCUT2D eigenvalue weighted by Crippen LogP contribution is 2.20. The molecule has 0 spiro atoms. The fraction of sp³-hybridized carbons (Fsp3) is 0.938. The number of hydrogen-bond acceptors (Lipinski definition) is 3. The van der Waals surface area contributed by atoms with E-state index in [-0.39, 0.29) is 24.0 Å². The zero-order chi connectivity index (χ0) is 15.4. The standard InChI is InChI=1S/C16H33N5.HI/c1-13-8-14(2)11-21(10-13)16(17-3)18-9-15-12-19(4)6-7-20(15)5;/h13-15H,6-12H2,1-5H3,(H,17,18);1H. The molecule has 6 heteroatoms. The summed E-state index contributed by atoms with van der Waals surface area (Å²) in [5, 5.41) is 3.61. The van der Waals surface area contributed by atoms with Gasteiger partial charge in [0.05, 0.1) is 0 Å². The highest BCUT2D eigenvalue weighted by Gasteiger charge is 2.26. The number of nitrogens with zero attached hydrogens (tertiary/aromatic N) is 4. The number of nitrogens with one attached hydrogen (secondary N) is 1. The van der Waals surface area contributed by atoms with Crippen LogP contribution in [0.15, 0.2) is 4.99 Å². The van der Waals surface area contributed by atoms with Gasteiger partial charge in [-0.25, -0.2) is 0 Å². The van der Waals surface area contributed by atoms with Gasteiger partial charge in [-0.2, -0.15) is 0 Å². The first kappa shape index (κ1) is 20.0. The minimum absolute atomic E-state index is 0. The van der Waals surface area contributed by atoms with Crippen LogP contribution in [0.2, 0.25) is 0 Å². The van der Waals surface area contributed by atoms with Crippen molar-refractivity contribution in [3.63, 3.8) is 0 Å². The third-order valence-corrected chi connectivity index (χ3v) is 4.86. The Morgan fingerprint density at radius 1 is 1.09 bits per heavy atom. The molecule has 3 unspecified atom stereocenters. The number of guanidine groups is 1. The molecule has 5 nitrogen and oxygen atoms in total. The maximum atomic E-state index is 4.51. The highest BCUT2D eigenvalue weighted by atomic mass is 127. The SMILES string of the molecule is CN=C(NCC1CN(C)CCN1C)N1CC(C)CC(C)C1.I. The largest absolute Gasteiger partial charge is 0.355 e. The van der Waals surface area contributed by atoms with E-state index in [0.29, 0.717) is 6.04 Å². The molecule has 0 aromatic carbocycles. The number of halogens is 1. The van der Waals surface area contributed by atoms with Gasteiger partial charge in [0, 0.05) is 52.4 Å². The van der Waals surface area contributed by atoms with Gasteiger partial charge in [0.2, 0.25) is 0 Å². The van der Waals surface area contributed by atoms with Gasteiger partial charge < -0.3 is 15.1 Å². The summed E-state index contributed by atoms with van der Waals surface area (Å²) in [5.74, 6) is 2.60. The van der Waals surface area contributed by atoms with Gasteiger partial charge in [0.15, 0.2) is 5.96 Å². The van der Waals surface area contributed by atoms with E-state index in [9.17, 15) is 0 Å². The maximum absolute atomic E-state index is 4.51. The summed E-state index contributed by atoms with van der Waals surface area (Å²) in [4.78, 5) is 11.8. The quantitative estimate of drug-likeness (QED) is 0.414. The first-order valence-electron chi connectivity index (χ1n) is 8.34. The topological polar surface area (TPSA) is 34.1 Å². The van der Waals surface area contributed by atoms with Crippen molar-refractivity contribution >= 4 is 29.9 Å². The first-order valence-corrected chi connectivity index (χ1v) is 8.34. The normalized spacial score (nSPS) is 31.8. The van der Waals surface area contributed by atoms with Crippen molar-refractivity contribution in [1.29, 1.82) is 0 Å². The van der Waals surface area contributed by atoms with Gasteiger partial charge in [0.1, 0.15) is 0 Å². The highest BCUT2D eigenvalue weighted by molar-refractivity contribution is 14.0. The van der Waals surface area contributed by atoms with Crippen LogP contribution in [0.1, 0.15) is 20.3 Å². The number of piperidine rings is 1. The maximum Gasteiger partial charge on any atom is 0.193 e. The number of rotatable bonds is 2. The molecule has 2 rings (SSSR count). The molecule has 1 N–H and O–H groups in total. The Labute approximate surface area is 153 Å². The van der Waals surface area contributed by atoms with Crippen LogP contribution in [0.25, 0.3) is 0 Å². The average molecular weight is 423 g/mol. The van der Waals surface area contributed by atoms with Crippen LogP contribution in [-0.4, -0.2) is 87.1 Å². The van der Waals surface area contributed by atoms with Gasteiger partial charge in [-0.3, -0.25) is 9.89 Å². The van der Waals surface area contributed by atoms with E-state index in [1.807, 2.05) is 7.05 Å². The summed E-state index contributed by atoms with van der Waals surface area (Å²) >= 11 is 0. The van der Waals surface area contributed by atoms with Crippen molar-refractivity contribution in [2.24, 2.45) is 16.8 Å². The summed E-state index contributed by atoms with van der Waals surface area (Å²) in [6.45, 7) is 11.4. The van der Waals surface area contributed by atoms with Crippen molar-refractivity contribution in [3.05, 3.63) is 0 Å². The molecule has 2 heterocycles. The first-order chi connectivity index (χ1) is 9.99. The van der Waals surface area contributed by atoms with Gasteiger partial charge in [-0.05, 0) is 32.4 Å². The Morgan fingerprint density at radius 3 is 2.32 bits per heavy atom. The molecule has 2 saturated heterocycles. The van der Waals surface area contributed by atoms with Crippen LogP contribution in [0.4, 0.5) is 0 Å². The zero-order valence-electron chi connectivity index (χ0n) is 14.9. The third-order valence-electron chi connectivity index (χ3n) is 4.86. The predicted molar refractivity (Wildman–Crippen MR) is 105 cm³/mol. The second kappa shape index (κ2) is 9.27. The fourth-order valence-electron chi connectivity index (χ4n) is 3.70. The van der Waals surface area contributed by atoms with Crippen molar-refractivity contribution in [1.82, 2.24) is 20.0 Å². The molecule has 0 radical (unpaired) electrons. The van der Waals surface area contributed by atoms with Crippen molar-refractivity contribution in [2.45, 2.75) is 26.3 Å². The Bertz CT molecular complexity index is 352. The van der Waals surface area contributed by atoms with E-state index in [2.05, 4.69) is 53.0 Å². The molecule has 0 bridgehead atoms. The Kier molecular flexibility index (Phi) is 8.42. The van der Waals surface area contributed by atoms with Crippen molar-refractivity contribution in [3.8, 4) is 0 Å². The number of hydrogen-bond donors (Lipinski definition) is 1. The number of likely N-dealkylation sites (N-methyl/N-ethyl adjacent to an activating group) is 2. The molecular formula is C16H34IN5. The lowest BCUT2D eigenvalue weighted by Gasteiger charge is -2.40. The van der Waals surface area contributed by atoms with E-state index in [1.165, 1.54) is 13.0 Å². The van der Waals surface area contributed by atoms with Crippen LogP contribution in [0.3, 0.4) is 0 Å². The predicted octanol–water partition coefficient (Wildman–Crippen LogP) is 1.40. The molecular weight excluding hydrogens is 389 g/mol. The third kappa shape index (κ3) is 5.53. The number of aliphatic imine (C=N–C) groups is 1. The van der Waals surface area contributed by atoms with Crippen LogP contribution < -0.4 is 5.32 Å². The van der Waals surface area contributed by atoms with Crippen molar-refractivity contribution in [2.75, 3.05) is 60.4 Å². The molecule has 2 aliphatic heterocycles. The van der Waals surface area contributed by atoms with Crippen LogP contribution >= 0.6 is 24.0 Å². The van der Waals surface area contributed by atoms with E-state index < -0.39 is 0 Å². The van der Waals surface area contributed by atoms with Crippen LogP contribution in [0.5, 0.6) is 0 Å². The summed E-state index contributed by atoms with van der Waals surface area (Å²) in [7, 11) is 6.35. The van der Waals surface area contributed by atoms with Crippen LogP contribution in [0, 0.1) is 11.8 Å². The Hall–Kier alpha value is -0.0800. The minimum atomic E-state index is 0. The van der Waals surface area contributed by atoms with Gasteiger partial charge in [-0.1, -0.05) is 13.8 Å². The minimum Gasteiger partial charge on any atom is -0.355 e. The van der Waals surface area contributed by atoms with Crippen molar-refractivity contribution < 1.29 is 0 Å². The molecule has 0 aromatic heterocycles. The molecule has 0 amide bonds. The smallest absolute Gasteiger partial charge is 0.193 e. The summed E-state index contributed by atoms with van der Waals surface area (Å²) in [6, 6.07) is 0.570. The molecule has 0 aromatic rings. The van der Waals surface area contributed by atoms with Gasteiger partial charge in [0.25, 0.3) is 0 Å². The Morgan fingerprint density at radius 2 is 1.73 bits per heavy atom. The lowest BCUT2D eigenvalue weighted by molar-refractivity contribution is 0.115. The molecule has 3 atom stereocenters. The molecule has 0 saturated carbocycles. The van der Waals surface area contributed by atoms with E-state index in [1.54, 1.807) is 0 Å². The van der Waals surface area contributed by atoms with Gasteiger partial charge in [-0.15, -0.1) is 24.0 Å². The second-order valence-electron chi connectivity index (χ2n) is 7.18. The average Bonchev–Trinajstić information content (AvgIpc) is 2.42. The monoisotopic (exact) mass is 423 g/mol. The summed E-state index contributed by atoms with van der Waals surface area (Å²) in [5.41, 5.74) is 0. The Balaban J connectivity index is 0.00000242. The molecule has 2 aliphatic rings. The lowest BCUT2D eigenvalue weighted by Crippen LogP contribution is -2.56. The van der Waals surface area contributed by atoms with E-state index in [4.69, 9.17) is 0 Å². The number of likely N-dealkylation sites (tertiary alicyclic amines) is 1. The van der Waals surface area contributed by atoms with Gasteiger partial charge >= 0.3 is 0 Å². The van der Waals surface area contributed by atoms with E-state index >= 15 is 0 Å².